The van der Waals surface area contributed by atoms with Gasteiger partial charge in [0.15, 0.2) is 0 Å². The number of fused-ring (bicyclic) bond motifs is 1. The molecule has 6 nitrogen and oxygen atoms in total. The molecular weight excluding hydrogens is 372 g/mol. The normalized spacial score (nSPS) is 26.0. The number of rotatable bonds is 7. The van der Waals surface area contributed by atoms with Gasteiger partial charge < -0.3 is 4.90 Å². The fraction of sp³-hybridized carbons (Fsp3) is 0.571. The van der Waals surface area contributed by atoms with E-state index in [1.54, 1.807) is 15.2 Å². The molecule has 2 fully saturated rings. The molecule has 0 radical (unpaired) electrons. The van der Waals surface area contributed by atoms with Crippen molar-refractivity contribution >= 4 is 10.0 Å². The second-order valence-corrected chi connectivity index (χ2v) is 10.1. The van der Waals surface area contributed by atoms with Gasteiger partial charge in [-0.15, -0.1) is 0 Å². The SMILES string of the molecule is CCN1C[C@H]2CN(S(=O)(=O)c3cnn(CC)c3)C[C@@]2(CCc2ccccc2)C1. The van der Waals surface area contributed by atoms with Crippen LogP contribution in [0.1, 0.15) is 25.8 Å². The Morgan fingerprint density at radius 2 is 1.89 bits per heavy atom. The Morgan fingerprint density at radius 1 is 1.11 bits per heavy atom. The highest BCUT2D eigenvalue weighted by molar-refractivity contribution is 7.89. The van der Waals surface area contributed by atoms with Gasteiger partial charge >= 0.3 is 0 Å². The lowest BCUT2D eigenvalue weighted by Gasteiger charge is -2.29. The standard InChI is InChI=1S/C21H30N4O2S/c1-3-23-13-19-14-25(28(26,27)20-12-22-24(4-2)15-20)17-21(19,16-23)11-10-18-8-6-5-7-9-18/h5-9,12,15,19H,3-4,10-11,13-14,16-17H2,1-2H3/t19-,21+/m0/s1. The first-order valence-corrected chi connectivity index (χ1v) is 11.7. The molecule has 152 valence electrons. The van der Waals surface area contributed by atoms with E-state index in [2.05, 4.69) is 41.2 Å². The van der Waals surface area contributed by atoms with E-state index in [1.165, 1.54) is 11.8 Å². The fourth-order valence-corrected chi connectivity index (χ4v) is 6.40. The van der Waals surface area contributed by atoms with Crippen LogP contribution in [0, 0.1) is 11.3 Å². The average molecular weight is 403 g/mol. The van der Waals surface area contributed by atoms with Crippen molar-refractivity contribution in [3.63, 3.8) is 0 Å². The third kappa shape index (κ3) is 3.51. The Kier molecular flexibility index (Phi) is 5.33. The van der Waals surface area contributed by atoms with Gasteiger partial charge in [-0.3, -0.25) is 4.68 Å². The molecular formula is C21H30N4O2S. The second-order valence-electron chi connectivity index (χ2n) is 8.20. The van der Waals surface area contributed by atoms with E-state index < -0.39 is 10.0 Å². The second kappa shape index (κ2) is 7.61. The van der Waals surface area contributed by atoms with Crippen LogP contribution in [0.3, 0.4) is 0 Å². The lowest BCUT2D eigenvalue weighted by Crippen LogP contribution is -2.37. The summed E-state index contributed by atoms with van der Waals surface area (Å²) in [7, 11) is -3.48. The zero-order valence-corrected chi connectivity index (χ0v) is 17.6. The monoisotopic (exact) mass is 402 g/mol. The number of likely N-dealkylation sites (tertiary alicyclic amines) is 1. The van der Waals surface area contributed by atoms with E-state index in [0.717, 1.165) is 32.5 Å². The third-order valence-electron chi connectivity index (χ3n) is 6.57. The molecule has 4 rings (SSSR count). The number of aromatic nitrogens is 2. The van der Waals surface area contributed by atoms with E-state index in [4.69, 9.17) is 0 Å². The molecule has 1 aromatic heterocycles. The van der Waals surface area contributed by atoms with Gasteiger partial charge in [-0.25, -0.2) is 8.42 Å². The summed E-state index contributed by atoms with van der Waals surface area (Å²) in [6.45, 7) is 9.06. The Hall–Kier alpha value is -1.70. The number of sulfonamides is 1. The summed E-state index contributed by atoms with van der Waals surface area (Å²) in [6.07, 6.45) is 5.16. The Bertz CT molecular complexity index is 911. The minimum Gasteiger partial charge on any atom is -0.303 e. The summed E-state index contributed by atoms with van der Waals surface area (Å²) < 4.78 is 29.8. The van der Waals surface area contributed by atoms with Gasteiger partial charge in [0.05, 0.1) is 6.20 Å². The van der Waals surface area contributed by atoms with E-state index >= 15 is 0 Å². The summed E-state index contributed by atoms with van der Waals surface area (Å²) >= 11 is 0. The van der Waals surface area contributed by atoms with Crippen molar-refractivity contribution in [1.29, 1.82) is 0 Å². The molecule has 0 saturated carbocycles. The van der Waals surface area contributed by atoms with E-state index in [1.807, 2.05) is 13.0 Å². The van der Waals surface area contributed by atoms with Crippen molar-refractivity contribution in [1.82, 2.24) is 19.0 Å². The van der Waals surface area contributed by atoms with Crippen LogP contribution in [0.5, 0.6) is 0 Å². The zero-order chi connectivity index (χ0) is 19.8. The van der Waals surface area contributed by atoms with Crippen LogP contribution in [0.25, 0.3) is 0 Å². The van der Waals surface area contributed by atoms with Crippen LogP contribution in [-0.2, 0) is 23.0 Å². The molecule has 0 N–H and O–H groups in total. The number of hydrogen-bond acceptors (Lipinski definition) is 4. The van der Waals surface area contributed by atoms with Crippen molar-refractivity contribution in [2.45, 2.75) is 38.1 Å². The molecule has 0 unspecified atom stereocenters. The van der Waals surface area contributed by atoms with Gasteiger partial charge in [0.25, 0.3) is 0 Å². The van der Waals surface area contributed by atoms with E-state index in [9.17, 15) is 8.42 Å². The van der Waals surface area contributed by atoms with Crippen molar-refractivity contribution in [2.24, 2.45) is 11.3 Å². The summed E-state index contributed by atoms with van der Waals surface area (Å²) in [5.41, 5.74) is 1.37. The first-order chi connectivity index (χ1) is 13.5. The largest absolute Gasteiger partial charge is 0.303 e. The molecule has 1 aromatic carbocycles. The van der Waals surface area contributed by atoms with Crippen LogP contribution < -0.4 is 0 Å². The van der Waals surface area contributed by atoms with Gasteiger partial charge in [-0.05, 0) is 37.8 Å². The smallest absolute Gasteiger partial charge is 0.246 e. The van der Waals surface area contributed by atoms with Crippen LogP contribution in [-0.4, -0.2) is 60.1 Å². The van der Waals surface area contributed by atoms with Gasteiger partial charge in [0, 0.05) is 44.3 Å². The van der Waals surface area contributed by atoms with Crippen molar-refractivity contribution < 1.29 is 8.42 Å². The Balaban J connectivity index is 1.55. The maximum absolute atomic E-state index is 13.2. The van der Waals surface area contributed by atoms with Crippen LogP contribution in [0.15, 0.2) is 47.6 Å². The average Bonchev–Trinajstić information content (AvgIpc) is 3.40. The van der Waals surface area contributed by atoms with Crippen molar-refractivity contribution in [3.05, 3.63) is 48.3 Å². The first kappa shape index (κ1) is 19.6. The highest BCUT2D eigenvalue weighted by Gasteiger charge is 2.54. The molecule has 0 spiro atoms. The topological polar surface area (TPSA) is 58.4 Å². The summed E-state index contributed by atoms with van der Waals surface area (Å²) in [4.78, 5) is 2.80. The molecule has 0 amide bonds. The Labute approximate surface area is 168 Å². The fourth-order valence-electron chi connectivity index (χ4n) is 4.86. The van der Waals surface area contributed by atoms with Crippen LogP contribution in [0.4, 0.5) is 0 Å². The van der Waals surface area contributed by atoms with E-state index in [0.29, 0.717) is 30.4 Å². The molecule has 7 heteroatoms. The van der Waals surface area contributed by atoms with E-state index in [-0.39, 0.29) is 5.41 Å². The minimum absolute atomic E-state index is 0.0413. The zero-order valence-electron chi connectivity index (χ0n) is 16.8. The van der Waals surface area contributed by atoms with Gasteiger partial charge in [-0.2, -0.15) is 9.40 Å². The van der Waals surface area contributed by atoms with Crippen molar-refractivity contribution in [2.75, 3.05) is 32.7 Å². The Morgan fingerprint density at radius 3 is 2.57 bits per heavy atom. The third-order valence-corrected chi connectivity index (χ3v) is 8.34. The highest BCUT2D eigenvalue weighted by Crippen LogP contribution is 2.47. The molecule has 28 heavy (non-hydrogen) atoms. The van der Waals surface area contributed by atoms with Crippen LogP contribution >= 0.6 is 0 Å². The molecule has 2 aliphatic rings. The van der Waals surface area contributed by atoms with Gasteiger partial charge in [0.2, 0.25) is 10.0 Å². The lowest BCUT2D eigenvalue weighted by molar-refractivity contribution is 0.232. The number of nitrogens with zero attached hydrogens (tertiary/aromatic N) is 4. The summed E-state index contributed by atoms with van der Waals surface area (Å²) in [5, 5.41) is 4.17. The first-order valence-electron chi connectivity index (χ1n) is 10.3. The quantitative estimate of drug-likeness (QED) is 0.714. The molecule has 2 saturated heterocycles. The summed E-state index contributed by atoms with van der Waals surface area (Å²) in [5.74, 6) is 0.396. The molecule has 0 bridgehead atoms. The van der Waals surface area contributed by atoms with Crippen molar-refractivity contribution in [3.8, 4) is 0 Å². The minimum atomic E-state index is -3.48. The molecule has 2 atom stereocenters. The maximum atomic E-state index is 13.2. The molecule has 3 heterocycles. The van der Waals surface area contributed by atoms with Crippen LogP contribution in [0.2, 0.25) is 0 Å². The molecule has 2 aliphatic heterocycles. The lowest BCUT2D eigenvalue weighted by atomic mass is 9.76. The number of aryl methyl sites for hydroxylation is 2. The molecule has 2 aromatic rings. The predicted octanol–water partition coefficient (Wildman–Crippen LogP) is 2.48. The number of hydrogen-bond donors (Lipinski definition) is 0. The molecule has 0 aliphatic carbocycles. The number of benzene rings is 1. The van der Waals surface area contributed by atoms with Gasteiger partial charge in [-0.1, -0.05) is 37.3 Å². The summed E-state index contributed by atoms with van der Waals surface area (Å²) in [6, 6.07) is 10.5. The van der Waals surface area contributed by atoms with Gasteiger partial charge in [0.1, 0.15) is 4.90 Å². The highest BCUT2D eigenvalue weighted by atomic mass is 32.2. The predicted molar refractivity (Wildman–Crippen MR) is 109 cm³/mol. The maximum Gasteiger partial charge on any atom is 0.246 e.